The van der Waals surface area contributed by atoms with Crippen molar-refractivity contribution in [2.45, 2.75) is 45.7 Å². The van der Waals surface area contributed by atoms with E-state index in [1.54, 1.807) is 0 Å². The third kappa shape index (κ3) is 2.78. The van der Waals surface area contributed by atoms with Crippen LogP contribution in [0.4, 0.5) is 0 Å². The molecule has 1 aliphatic rings. The van der Waals surface area contributed by atoms with Crippen LogP contribution < -0.4 is 5.32 Å². The number of nitrogens with zero attached hydrogens (tertiary/aromatic N) is 1. The van der Waals surface area contributed by atoms with Crippen LogP contribution in [-0.2, 0) is 13.0 Å². The first kappa shape index (κ1) is 13.3. The Kier molecular flexibility index (Phi) is 3.78. The van der Waals surface area contributed by atoms with Crippen LogP contribution in [0.3, 0.4) is 0 Å². The van der Waals surface area contributed by atoms with Gasteiger partial charge in [0, 0.05) is 10.9 Å². The number of oxazole rings is 1. The average Bonchev–Trinajstić information content (AvgIpc) is 2.89. The van der Waals surface area contributed by atoms with Crippen LogP contribution >= 0.6 is 27.3 Å². The van der Waals surface area contributed by atoms with Crippen molar-refractivity contribution in [2.24, 2.45) is 0 Å². The van der Waals surface area contributed by atoms with E-state index >= 15 is 0 Å². The lowest BCUT2D eigenvalue weighted by molar-refractivity contribution is 0.402. The Balaban J connectivity index is 1.71. The Morgan fingerprint density at radius 3 is 3.11 bits per heavy atom. The number of rotatable bonds is 3. The van der Waals surface area contributed by atoms with Crippen LogP contribution in [-0.4, -0.2) is 4.98 Å². The third-order valence-electron chi connectivity index (χ3n) is 3.66. The van der Waals surface area contributed by atoms with Crippen LogP contribution in [0, 0.1) is 13.8 Å². The molecule has 1 unspecified atom stereocenters. The summed E-state index contributed by atoms with van der Waals surface area (Å²) in [6, 6.07) is 2.68. The lowest BCUT2D eigenvalue weighted by atomic mass is 9.94. The Hall–Kier alpha value is -0.650. The van der Waals surface area contributed by atoms with Crippen molar-refractivity contribution in [3.63, 3.8) is 0 Å². The van der Waals surface area contributed by atoms with Crippen molar-refractivity contribution in [3.8, 4) is 0 Å². The fraction of sp³-hybridized carbons (Fsp3) is 0.500. The van der Waals surface area contributed by atoms with Crippen LogP contribution in [0.25, 0.3) is 0 Å². The molecule has 102 valence electrons. The minimum absolute atomic E-state index is 0.429. The molecular weight excluding hydrogens is 324 g/mol. The zero-order chi connectivity index (χ0) is 13.4. The lowest BCUT2D eigenvalue weighted by Crippen LogP contribution is -2.24. The highest BCUT2D eigenvalue weighted by Crippen LogP contribution is 2.38. The summed E-state index contributed by atoms with van der Waals surface area (Å²) in [6.45, 7) is 4.64. The van der Waals surface area contributed by atoms with Gasteiger partial charge in [0.1, 0.15) is 5.76 Å². The van der Waals surface area contributed by atoms with Crippen LogP contribution in [0.5, 0.6) is 0 Å². The number of aromatic nitrogens is 1. The van der Waals surface area contributed by atoms with Gasteiger partial charge in [-0.2, -0.15) is 0 Å². The molecule has 5 heteroatoms. The highest BCUT2D eigenvalue weighted by Gasteiger charge is 2.22. The smallest absolute Gasteiger partial charge is 0.208 e. The zero-order valence-corrected chi connectivity index (χ0v) is 13.5. The van der Waals surface area contributed by atoms with Crippen molar-refractivity contribution >= 4 is 27.3 Å². The third-order valence-corrected chi connectivity index (χ3v) is 5.37. The summed E-state index contributed by atoms with van der Waals surface area (Å²) >= 11 is 5.45. The second kappa shape index (κ2) is 5.38. The van der Waals surface area contributed by atoms with E-state index in [0.29, 0.717) is 12.6 Å². The summed E-state index contributed by atoms with van der Waals surface area (Å²) in [5.41, 5.74) is 2.43. The number of fused-ring (bicyclic) bond motifs is 1. The molecule has 0 spiro atoms. The summed E-state index contributed by atoms with van der Waals surface area (Å²) in [5.74, 6) is 1.70. The molecule has 2 aromatic heterocycles. The molecule has 2 heterocycles. The summed E-state index contributed by atoms with van der Waals surface area (Å²) in [7, 11) is 0. The first-order valence-corrected chi connectivity index (χ1v) is 8.19. The van der Waals surface area contributed by atoms with Gasteiger partial charge in [-0.15, -0.1) is 11.3 Å². The van der Waals surface area contributed by atoms with E-state index in [1.165, 1.54) is 33.5 Å². The highest BCUT2D eigenvalue weighted by molar-refractivity contribution is 9.11. The zero-order valence-electron chi connectivity index (χ0n) is 11.1. The molecule has 1 atom stereocenters. The van der Waals surface area contributed by atoms with E-state index in [-0.39, 0.29) is 0 Å². The van der Waals surface area contributed by atoms with Crippen molar-refractivity contribution in [2.75, 3.05) is 0 Å². The first-order valence-electron chi connectivity index (χ1n) is 6.58. The fourth-order valence-electron chi connectivity index (χ4n) is 2.56. The van der Waals surface area contributed by atoms with Gasteiger partial charge in [-0.3, -0.25) is 0 Å². The van der Waals surface area contributed by atoms with Gasteiger partial charge in [0.2, 0.25) is 5.89 Å². The summed E-state index contributed by atoms with van der Waals surface area (Å²) in [5, 5.41) is 3.58. The highest BCUT2D eigenvalue weighted by atomic mass is 79.9. The Morgan fingerprint density at radius 2 is 2.37 bits per heavy atom. The molecule has 0 saturated heterocycles. The second-order valence-electron chi connectivity index (χ2n) is 5.00. The van der Waals surface area contributed by atoms with Gasteiger partial charge in [0.05, 0.1) is 16.0 Å². The number of hydrogen-bond acceptors (Lipinski definition) is 4. The topological polar surface area (TPSA) is 38.1 Å². The van der Waals surface area contributed by atoms with Gasteiger partial charge in [0.25, 0.3) is 0 Å². The Morgan fingerprint density at radius 1 is 1.53 bits per heavy atom. The van der Waals surface area contributed by atoms with Gasteiger partial charge < -0.3 is 9.73 Å². The Bertz CT molecular complexity index is 571. The number of nitrogens with one attached hydrogen (secondary N) is 1. The SMILES string of the molecule is Cc1nc(CNC2CCCc3sc(Br)cc32)oc1C. The molecule has 19 heavy (non-hydrogen) atoms. The minimum Gasteiger partial charge on any atom is -0.444 e. The van der Waals surface area contributed by atoms with Gasteiger partial charge in [-0.05, 0) is 60.7 Å². The maximum absolute atomic E-state index is 5.62. The maximum atomic E-state index is 5.62. The monoisotopic (exact) mass is 340 g/mol. The van der Waals surface area contributed by atoms with E-state index in [0.717, 1.165) is 17.3 Å². The van der Waals surface area contributed by atoms with E-state index < -0.39 is 0 Å². The van der Waals surface area contributed by atoms with Crippen molar-refractivity contribution in [3.05, 3.63) is 37.6 Å². The van der Waals surface area contributed by atoms with Gasteiger partial charge in [-0.25, -0.2) is 4.98 Å². The summed E-state index contributed by atoms with van der Waals surface area (Å²) < 4.78 is 6.85. The van der Waals surface area contributed by atoms with Crippen molar-refractivity contribution in [1.29, 1.82) is 0 Å². The average molecular weight is 341 g/mol. The minimum atomic E-state index is 0.429. The van der Waals surface area contributed by atoms with Crippen LogP contribution in [0.1, 0.15) is 46.7 Å². The fourth-order valence-corrected chi connectivity index (χ4v) is 4.38. The molecular formula is C14H17BrN2OS. The van der Waals surface area contributed by atoms with Crippen LogP contribution in [0.2, 0.25) is 0 Å². The molecule has 2 aromatic rings. The molecule has 0 amide bonds. The second-order valence-corrected chi connectivity index (χ2v) is 7.52. The van der Waals surface area contributed by atoms with E-state index in [9.17, 15) is 0 Å². The van der Waals surface area contributed by atoms with E-state index in [1.807, 2.05) is 25.2 Å². The summed E-state index contributed by atoms with van der Waals surface area (Å²) in [6.07, 6.45) is 3.65. The number of aryl methyl sites for hydroxylation is 3. The quantitative estimate of drug-likeness (QED) is 0.905. The van der Waals surface area contributed by atoms with Gasteiger partial charge in [-0.1, -0.05) is 0 Å². The maximum Gasteiger partial charge on any atom is 0.208 e. The summed E-state index contributed by atoms with van der Waals surface area (Å²) in [4.78, 5) is 5.93. The van der Waals surface area contributed by atoms with Gasteiger partial charge in [0.15, 0.2) is 0 Å². The molecule has 0 aromatic carbocycles. The standard InChI is InChI=1S/C14H17BrN2OS/c1-8-9(2)18-14(17-8)7-16-11-4-3-5-12-10(11)6-13(15)19-12/h6,11,16H,3-5,7H2,1-2H3. The predicted molar refractivity (Wildman–Crippen MR) is 80.5 cm³/mol. The number of thiophene rings is 1. The van der Waals surface area contributed by atoms with Crippen molar-refractivity contribution in [1.82, 2.24) is 10.3 Å². The Labute approximate surface area is 125 Å². The normalized spacial score (nSPS) is 18.6. The molecule has 1 aliphatic carbocycles. The molecule has 0 aliphatic heterocycles. The van der Waals surface area contributed by atoms with Crippen LogP contribution in [0.15, 0.2) is 14.3 Å². The molecule has 0 fully saturated rings. The molecule has 0 radical (unpaired) electrons. The molecule has 3 nitrogen and oxygen atoms in total. The number of halogens is 1. The molecule has 0 saturated carbocycles. The lowest BCUT2D eigenvalue weighted by Gasteiger charge is -2.23. The van der Waals surface area contributed by atoms with E-state index in [2.05, 4.69) is 32.3 Å². The molecule has 1 N–H and O–H groups in total. The molecule has 0 bridgehead atoms. The van der Waals surface area contributed by atoms with Gasteiger partial charge >= 0.3 is 0 Å². The van der Waals surface area contributed by atoms with E-state index in [4.69, 9.17) is 4.42 Å². The first-order chi connectivity index (χ1) is 9.13. The predicted octanol–water partition coefficient (Wildman–Crippen LogP) is 4.28. The molecule has 3 rings (SSSR count). The van der Waals surface area contributed by atoms with Crippen molar-refractivity contribution < 1.29 is 4.42 Å². The number of hydrogen-bond donors (Lipinski definition) is 1. The largest absolute Gasteiger partial charge is 0.444 e.